The molecule has 0 aromatic heterocycles. The predicted octanol–water partition coefficient (Wildman–Crippen LogP) is 2.03. The van der Waals surface area contributed by atoms with E-state index in [0.29, 0.717) is 18.7 Å². The third kappa shape index (κ3) is 3.69. The number of hydrogen-bond acceptors (Lipinski definition) is 4. The molecular formula is C11H15NO3. The number of carbonyl (C=O) groups excluding carboxylic acids is 1. The molecule has 0 atom stereocenters. The molecule has 1 rings (SSSR count). The Hall–Kier alpha value is -1.39. The maximum atomic E-state index is 11.5. The summed E-state index contributed by atoms with van der Waals surface area (Å²) >= 11 is 0. The maximum absolute atomic E-state index is 11.5. The molecule has 0 spiro atoms. The van der Waals surface area contributed by atoms with Crippen molar-refractivity contribution in [2.24, 2.45) is 0 Å². The Bertz CT molecular complexity index is 300. The van der Waals surface area contributed by atoms with Gasteiger partial charge in [0.1, 0.15) is 0 Å². The molecule has 4 heteroatoms. The first-order valence-corrected chi connectivity index (χ1v) is 4.95. The van der Waals surface area contributed by atoms with Crippen LogP contribution >= 0.6 is 0 Å². The average Bonchev–Trinajstić information content (AvgIpc) is 2.29. The summed E-state index contributed by atoms with van der Waals surface area (Å²) in [5.41, 5.74) is 0.510. The topological polar surface area (TPSA) is 38.8 Å². The van der Waals surface area contributed by atoms with Crippen molar-refractivity contribution in [1.82, 2.24) is 5.23 Å². The van der Waals surface area contributed by atoms with Crippen LogP contribution < -0.4 is 0 Å². The number of benzene rings is 1. The highest BCUT2D eigenvalue weighted by Gasteiger charge is 2.11. The van der Waals surface area contributed by atoms with Crippen LogP contribution in [0, 0.1) is 0 Å². The average molecular weight is 209 g/mol. The van der Waals surface area contributed by atoms with E-state index in [-0.39, 0.29) is 0 Å². The molecule has 0 bridgehead atoms. The van der Waals surface area contributed by atoms with Crippen molar-refractivity contribution < 1.29 is 14.5 Å². The van der Waals surface area contributed by atoms with E-state index in [2.05, 4.69) is 0 Å². The fourth-order valence-corrected chi connectivity index (χ4v) is 1.05. The Kier molecular flexibility index (Phi) is 4.80. The zero-order chi connectivity index (χ0) is 11.1. The molecule has 0 amide bonds. The van der Waals surface area contributed by atoms with Crippen LogP contribution in [0.3, 0.4) is 0 Å². The molecule has 0 N–H and O–H groups in total. The second-order valence-electron chi connectivity index (χ2n) is 2.81. The van der Waals surface area contributed by atoms with Gasteiger partial charge in [-0.3, -0.25) is 4.84 Å². The molecule has 0 heterocycles. The lowest BCUT2D eigenvalue weighted by molar-refractivity contribution is -0.330. The molecule has 82 valence electrons. The van der Waals surface area contributed by atoms with Gasteiger partial charge in [0.15, 0.2) is 0 Å². The van der Waals surface area contributed by atoms with Crippen LogP contribution in [0.2, 0.25) is 0 Å². The van der Waals surface area contributed by atoms with Gasteiger partial charge in [-0.25, -0.2) is 4.79 Å². The van der Waals surface area contributed by atoms with E-state index in [9.17, 15) is 4.79 Å². The van der Waals surface area contributed by atoms with Crippen molar-refractivity contribution in [2.75, 3.05) is 13.2 Å². The van der Waals surface area contributed by atoms with E-state index in [4.69, 9.17) is 9.68 Å². The maximum Gasteiger partial charge on any atom is 0.359 e. The summed E-state index contributed by atoms with van der Waals surface area (Å²) in [5.74, 6) is -0.411. The van der Waals surface area contributed by atoms with E-state index < -0.39 is 5.97 Å². The number of nitrogens with zero attached hydrogens (tertiary/aromatic N) is 1. The van der Waals surface area contributed by atoms with Crippen LogP contribution in [0.15, 0.2) is 30.3 Å². The molecule has 0 aliphatic carbocycles. The summed E-state index contributed by atoms with van der Waals surface area (Å²) in [6, 6.07) is 8.81. The van der Waals surface area contributed by atoms with Gasteiger partial charge in [-0.05, 0) is 31.2 Å². The van der Waals surface area contributed by atoms with Crippen LogP contribution in [0.1, 0.15) is 24.2 Å². The highest BCUT2D eigenvalue weighted by Crippen LogP contribution is 2.03. The molecule has 0 fully saturated rings. The van der Waals surface area contributed by atoms with Crippen LogP contribution in [0.4, 0.5) is 0 Å². The number of hydroxylamine groups is 2. The summed E-state index contributed by atoms with van der Waals surface area (Å²) in [7, 11) is 0. The minimum absolute atomic E-state index is 0.411. The highest BCUT2D eigenvalue weighted by atomic mass is 17.0. The minimum Gasteiger partial charge on any atom is -0.338 e. The molecule has 1 aromatic carbocycles. The lowest BCUT2D eigenvalue weighted by Gasteiger charge is -2.17. The van der Waals surface area contributed by atoms with Gasteiger partial charge < -0.3 is 4.84 Å². The first kappa shape index (κ1) is 11.7. The summed E-state index contributed by atoms with van der Waals surface area (Å²) in [6.45, 7) is 4.63. The second-order valence-corrected chi connectivity index (χ2v) is 2.81. The smallest absolute Gasteiger partial charge is 0.338 e. The van der Waals surface area contributed by atoms with Gasteiger partial charge in [-0.15, -0.1) is 0 Å². The Morgan fingerprint density at radius 2 is 1.93 bits per heavy atom. The summed E-state index contributed by atoms with van der Waals surface area (Å²) in [4.78, 5) is 21.6. The van der Waals surface area contributed by atoms with Crippen molar-refractivity contribution in [2.45, 2.75) is 13.8 Å². The zero-order valence-corrected chi connectivity index (χ0v) is 8.97. The van der Waals surface area contributed by atoms with E-state index >= 15 is 0 Å². The second kappa shape index (κ2) is 6.16. The molecule has 0 saturated heterocycles. The Morgan fingerprint density at radius 1 is 1.27 bits per heavy atom. The molecule has 0 aliphatic rings. The molecule has 15 heavy (non-hydrogen) atoms. The zero-order valence-electron chi connectivity index (χ0n) is 8.97. The first-order chi connectivity index (χ1) is 7.27. The molecule has 0 radical (unpaired) electrons. The predicted molar refractivity (Wildman–Crippen MR) is 55.9 cm³/mol. The lowest BCUT2D eigenvalue weighted by Crippen LogP contribution is -2.27. The molecule has 1 aromatic rings. The number of rotatable bonds is 5. The molecule has 0 aliphatic heterocycles. The standard InChI is InChI=1S/C11H15NO3/c1-3-12(14-4-2)15-11(13)10-8-6-5-7-9-10/h5-9H,3-4H2,1-2H3. The van der Waals surface area contributed by atoms with Crippen molar-refractivity contribution in [3.05, 3.63) is 35.9 Å². The monoisotopic (exact) mass is 209 g/mol. The fraction of sp³-hybridized carbons (Fsp3) is 0.364. The van der Waals surface area contributed by atoms with Gasteiger partial charge in [0, 0.05) is 0 Å². The van der Waals surface area contributed by atoms with Gasteiger partial charge in [-0.2, -0.15) is 0 Å². The third-order valence-corrected chi connectivity index (χ3v) is 1.73. The largest absolute Gasteiger partial charge is 0.359 e. The minimum atomic E-state index is -0.411. The van der Waals surface area contributed by atoms with E-state index in [0.717, 1.165) is 0 Å². The molecule has 4 nitrogen and oxygen atoms in total. The van der Waals surface area contributed by atoms with Crippen LogP contribution in [0.5, 0.6) is 0 Å². The quantitative estimate of drug-likeness (QED) is 0.695. The summed E-state index contributed by atoms with van der Waals surface area (Å²) in [6.07, 6.45) is 0. The molecular weight excluding hydrogens is 194 g/mol. The van der Waals surface area contributed by atoms with Gasteiger partial charge in [0.2, 0.25) is 0 Å². The van der Waals surface area contributed by atoms with Crippen LogP contribution in [-0.2, 0) is 9.68 Å². The van der Waals surface area contributed by atoms with Crippen molar-refractivity contribution in [3.63, 3.8) is 0 Å². The van der Waals surface area contributed by atoms with Crippen molar-refractivity contribution in [1.29, 1.82) is 0 Å². The van der Waals surface area contributed by atoms with E-state index in [1.54, 1.807) is 24.3 Å². The van der Waals surface area contributed by atoms with Crippen molar-refractivity contribution >= 4 is 5.97 Å². The third-order valence-electron chi connectivity index (χ3n) is 1.73. The van der Waals surface area contributed by atoms with Crippen molar-refractivity contribution in [3.8, 4) is 0 Å². The van der Waals surface area contributed by atoms with Gasteiger partial charge in [0.05, 0.1) is 18.7 Å². The van der Waals surface area contributed by atoms with E-state index in [1.807, 2.05) is 19.9 Å². The normalized spacial score (nSPS) is 10.3. The Balaban J connectivity index is 2.55. The summed E-state index contributed by atoms with van der Waals surface area (Å²) in [5, 5.41) is 1.18. The number of hydrogen-bond donors (Lipinski definition) is 0. The fourth-order valence-electron chi connectivity index (χ4n) is 1.05. The van der Waals surface area contributed by atoms with Gasteiger partial charge >= 0.3 is 5.97 Å². The van der Waals surface area contributed by atoms with E-state index in [1.165, 1.54) is 5.23 Å². The van der Waals surface area contributed by atoms with Gasteiger partial charge in [0.25, 0.3) is 0 Å². The SMILES string of the molecule is CCON(CC)OC(=O)c1ccccc1. The van der Waals surface area contributed by atoms with Gasteiger partial charge in [-0.1, -0.05) is 18.2 Å². The lowest BCUT2D eigenvalue weighted by atomic mass is 10.2. The van der Waals surface area contributed by atoms with Crippen LogP contribution in [-0.4, -0.2) is 24.3 Å². The first-order valence-electron chi connectivity index (χ1n) is 4.95. The Morgan fingerprint density at radius 3 is 2.47 bits per heavy atom. The summed E-state index contributed by atoms with van der Waals surface area (Å²) < 4.78 is 0. The van der Waals surface area contributed by atoms with Crippen LogP contribution in [0.25, 0.3) is 0 Å². The Labute approximate surface area is 89.3 Å². The highest BCUT2D eigenvalue weighted by molar-refractivity contribution is 5.88. The number of carbonyl (C=O) groups is 1. The molecule has 0 saturated carbocycles. The molecule has 0 unspecified atom stereocenters.